The molecule has 0 aromatic rings. The monoisotopic (exact) mass is 213 g/mol. The molecule has 0 N–H and O–H groups in total. The first-order chi connectivity index (χ1) is 7.06. The van der Waals surface area contributed by atoms with Crippen LogP contribution < -0.4 is 0 Å². The van der Waals surface area contributed by atoms with Gasteiger partial charge < -0.3 is 9.47 Å². The highest BCUT2D eigenvalue weighted by Crippen LogP contribution is 2.06. The van der Waals surface area contributed by atoms with Crippen LogP contribution in [0.1, 0.15) is 33.1 Å². The minimum Gasteiger partial charge on any atom is -0.462 e. The van der Waals surface area contributed by atoms with Crippen molar-refractivity contribution in [3.63, 3.8) is 0 Å². The smallest absolute Gasteiger partial charge is 0.303 e. The predicted molar refractivity (Wildman–Crippen MR) is 51.7 cm³/mol. The number of hydrogen-bond donors (Lipinski definition) is 0. The van der Waals surface area contributed by atoms with Crippen LogP contribution in [0.15, 0.2) is 0 Å². The topological polar surface area (TPSA) is 76.4 Å². The van der Waals surface area contributed by atoms with E-state index in [9.17, 15) is 9.59 Å². The van der Waals surface area contributed by atoms with Crippen molar-refractivity contribution in [2.24, 2.45) is 0 Å². The lowest BCUT2D eigenvalue weighted by Gasteiger charge is -2.15. The lowest BCUT2D eigenvalue weighted by molar-refractivity contribution is -0.156. The third-order valence-corrected chi connectivity index (χ3v) is 1.62. The zero-order chi connectivity index (χ0) is 11.7. The van der Waals surface area contributed by atoms with Crippen molar-refractivity contribution in [1.29, 1.82) is 5.26 Å². The summed E-state index contributed by atoms with van der Waals surface area (Å²) in [5.74, 6) is -0.823. The van der Waals surface area contributed by atoms with Gasteiger partial charge in [-0.1, -0.05) is 0 Å². The maximum Gasteiger partial charge on any atom is 0.303 e. The van der Waals surface area contributed by atoms with E-state index in [1.54, 1.807) is 0 Å². The van der Waals surface area contributed by atoms with Crippen molar-refractivity contribution in [2.45, 2.75) is 39.2 Å². The number of nitrogens with zero attached hydrogens (tertiary/aromatic N) is 1. The Balaban J connectivity index is 3.89. The number of nitriles is 1. The van der Waals surface area contributed by atoms with Crippen LogP contribution in [0.5, 0.6) is 0 Å². The summed E-state index contributed by atoms with van der Waals surface area (Å²) in [6, 6.07) is 1.99. The van der Waals surface area contributed by atoms with Gasteiger partial charge in [0.1, 0.15) is 12.7 Å². The molecule has 0 radical (unpaired) electrons. The maximum atomic E-state index is 10.7. The van der Waals surface area contributed by atoms with E-state index >= 15 is 0 Å². The molecule has 0 saturated carbocycles. The molecule has 0 aromatic heterocycles. The lowest BCUT2D eigenvalue weighted by Crippen LogP contribution is -2.23. The zero-order valence-corrected chi connectivity index (χ0v) is 8.99. The second-order valence-corrected chi connectivity index (χ2v) is 3.08. The van der Waals surface area contributed by atoms with E-state index < -0.39 is 18.0 Å². The third kappa shape index (κ3) is 8.75. The molecule has 0 heterocycles. The average molecular weight is 213 g/mol. The summed E-state index contributed by atoms with van der Waals surface area (Å²) in [5.41, 5.74) is 0. The van der Waals surface area contributed by atoms with Crippen molar-refractivity contribution in [1.82, 2.24) is 0 Å². The van der Waals surface area contributed by atoms with E-state index in [0.29, 0.717) is 19.3 Å². The molecule has 0 spiro atoms. The van der Waals surface area contributed by atoms with E-state index in [2.05, 4.69) is 0 Å². The molecule has 0 fully saturated rings. The molecule has 84 valence electrons. The second-order valence-electron chi connectivity index (χ2n) is 3.08. The summed E-state index contributed by atoms with van der Waals surface area (Å²) in [5, 5.41) is 8.34. The number of unbranched alkanes of at least 4 members (excludes halogenated alkanes) is 1. The number of hydrogen-bond acceptors (Lipinski definition) is 5. The van der Waals surface area contributed by atoms with Gasteiger partial charge in [-0.15, -0.1) is 0 Å². The first-order valence-electron chi connectivity index (χ1n) is 4.73. The molecule has 0 bridgehead atoms. The SMILES string of the molecule is CC(=O)OC[C@H](CCCC#N)OC(C)=O. The van der Waals surface area contributed by atoms with Crippen molar-refractivity contribution < 1.29 is 19.1 Å². The Bertz CT molecular complexity index is 257. The first-order valence-corrected chi connectivity index (χ1v) is 4.73. The molecule has 5 nitrogen and oxygen atoms in total. The van der Waals surface area contributed by atoms with Crippen LogP contribution in [0, 0.1) is 11.3 Å². The fourth-order valence-electron chi connectivity index (χ4n) is 1.03. The van der Waals surface area contributed by atoms with Crippen molar-refractivity contribution in [3.8, 4) is 6.07 Å². The molecule has 0 rings (SSSR count). The molecule has 5 heteroatoms. The maximum absolute atomic E-state index is 10.7. The van der Waals surface area contributed by atoms with Crippen LogP contribution in [0.4, 0.5) is 0 Å². The van der Waals surface area contributed by atoms with Crippen LogP contribution in [0.2, 0.25) is 0 Å². The van der Waals surface area contributed by atoms with Gasteiger partial charge in [0.2, 0.25) is 0 Å². The van der Waals surface area contributed by atoms with Gasteiger partial charge in [-0.3, -0.25) is 9.59 Å². The number of carbonyl (C=O) groups is 2. The molecule has 0 unspecified atom stereocenters. The summed E-state index contributed by atoms with van der Waals surface area (Å²) < 4.78 is 9.66. The van der Waals surface area contributed by atoms with Crippen LogP contribution in [0.25, 0.3) is 0 Å². The summed E-state index contributed by atoms with van der Waals surface area (Å²) in [6.07, 6.45) is 1.10. The summed E-state index contributed by atoms with van der Waals surface area (Å²) >= 11 is 0. The van der Waals surface area contributed by atoms with Gasteiger partial charge in [-0.25, -0.2) is 0 Å². The summed E-state index contributed by atoms with van der Waals surface area (Å²) in [4.78, 5) is 21.3. The van der Waals surface area contributed by atoms with E-state index in [-0.39, 0.29) is 6.61 Å². The normalized spacial score (nSPS) is 11.3. The summed E-state index contributed by atoms with van der Waals surface area (Å²) in [6.45, 7) is 2.64. The van der Waals surface area contributed by atoms with E-state index in [0.717, 1.165) is 0 Å². The van der Waals surface area contributed by atoms with Gasteiger partial charge >= 0.3 is 11.9 Å². The molecule has 0 amide bonds. The number of esters is 2. The molecule has 0 aliphatic heterocycles. The van der Waals surface area contributed by atoms with Crippen LogP contribution >= 0.6 is 0 Å². The van der Waals surface area contributed by atoms with Crippen molar-refractivity contribution in [3.05, 3.63) is 0 Å². The highest BCUT2D eigenvalue weighted by atomic mass is 16.6. The van der Waals surface area contributed by atoms with Crippen LogP contribution in [0.3, 0.4) is 0 Å². The van der Waals surface area contributed by atoms with E-state index in [1.807, 2.05) is 6.07 Å². The Morgan fingerprint density at radius 2 is 2.00 bits per heavy atom. The third-order valence-electron chi connectivity index (χ3n) is 1.62. The molecule has 1 atom stereocenters. The number of carbonyl (C=O) groups excluding carboxylic acids is 2. The molecule has 0 aliphatic rings. The van der Waals surface area contributed by atoms with Gasteiger partial charge in [0.15, 0.2) is 0 Å². The van der Waals surface area contributed by atoms with Gasteiger partial charge in [-0.05, 0) is 12.8 Å². The first kappa shape index (κ1) is 13.4. The fourth-order valence-corrected chi connectivity index (χ4v) is 1.03. The van der Waals surface area contributed by atoms with Gasteiger partial charge in [-0.2, -0.15) is 5.26 Å². The largest absolute Gasteiger partial charge is 0.462 e. The fraction of sp³-hybridized carbons (Fsp3) is 0.700. The number of ether oxygens (including phenoxy) is 2. The highest BCUT2D eigenvalue weighted by molar-refractivity contribution is 5.67. The van der Waals surface area contributed by atoms with Crippen molar-refractivity contribution >= 4 is 11.9 Å². The Labute approximate surface area is 89.0 Å². The Morgan fingerprint density at radius 3 is 2.47 bits per heavy atom. The standard InChI is InChI=1S/C10H15NO4/c1-8(12)14-7-10(15-9(2)13)5-3-4-6-11/h10H,3-5,7H2,1-2H3/t10-/m0/s1. The molecular weight excluding hydrogens is 198 g/mol. The zero-order valence-electron chi connectivity index (χ0n) is 8.99. The second kappa shape index (κ2) is 7.80. The van der Waals surface area contributed by atoms with Gasteiger partial charge in [0.25, 0.3) is 0 Å². The predicted octanol–water partition coefficient (Wildman–Crippen LogP) is 1.18. The van der Waals surface area contributed by atoms with E-state index in [4.69, 9.17) is 14.7 Å². The molecular formula is C10H15NO4. The highest BCUT2D eigenvalue weighted by Gasteiger charge is 2.13. The molecule has 0 aliphatic carbocycles. The number of rotatable bonds is 6. The lowest BCUT2D eigenvalue weighted by atomic mass is 10.2. The Hall–Kier alpha value is -1.57. The van der Waals surface area contributed by atoms with Gasteiger partial charge in [0.05, 0.1) is 6.07 Å². The quantitative estimate of drug-likeness (QED) is 0.489. The van der Waals surface area contributed by atoms with Crippen LogP contribution in [-0.2, 0) is 19.1 Å². The molecule has 0 saturated heterocycles. The Kier molecular flexibility index (Phi) is 6.98. The Morgan fingerprint density at radius 1 is 1.33 bits per heavy atom. The van der Waals surface area contributed by atoms with Crippen molar-refractivity contribution in [2.75, 3.05) is 6.61 Å². The minimum atomic E-state index is -0.445. The molecule has 0 aromatic carbocycles. The minimum absolute atomic E-state index is 0.0559. The van der Waals surface area contributed by atoms with E-state index in [1.165, 1.54) is 13.8 Å². The molecule has 15 heavy (non-hydrogen) atoms. The average Bonchev–Trinajstić information content (AvgIpc) is 2.13. The van der Waals surface area contributed by atoms with Gasteiger partial charge in [0, 0.05) is 20.3 Å². The van der Waals surface area contributed by atoms with Crippen LogP contribution in [-0.4, -0.2) is 24.6 Å². The summed E-state index contributed by atoms with van der Waals surface area (Å²) in [7, 11) is 0.